The molecule has 156 valence electrons. The first-order valence-electron chi connectivity index (χ1n) is 11.0. The van der Waals surface area contributed by atoms with Crippen LogP contribution in [-0.2, 0) is 6.61 Å². The van der Waals surface area contributed by atoms with Crippen molar-refractivity contribution in [3.8, 4) is 5.75 Å². The number of fused-ring (bicyclic) bond motifs is 4. The summed E-state index contributed by atoms with van der Waals surface area (Å²) in [6.07, 6.45) is 0. The molecule has 6 aromatic carbocycles. The van der Waals surface area contributed by atoms with Crippen LogP contribution in [0, 0.1) is 0 Å². The highest BCUT2D eigenvalue weighted by Crippen LogP contribution is 2.46. The van der Waals surface area contributed by atoms with Crippen molar-refractivity contribution in [1.29, 1.82) is 0 Å². The lowest BCUT2D eigenvalue weighted by Crippen LogP contribution is -2.04. The van der Waals surface area contributed by atoms with Crippen LogP contribution in [0.1, 0.15) is 5.56 Å². The maximum absolute atomic E-state index is 13.4. The molecule has 0 atom stereocenters. The first-order chi connectivity index (χ1) is 16.3. The van der Waals surface area contributed by atoms with E-state index in [1.165, 1.54) is 10.1 Å². The third-order valence-electron chi connectivity index (χ3n) is 6.53. The zero-order chi connectivity index (χ0) is 21.9. The predicted molar refractivity (Wildman–Crippen MR) is 140 cm³/mol. The summed E-state index contributed by atoms with van der Waals surface area (Å²) in [6, 6.07) is 32.9. The highest BCUT2D eigenvalue weighted by molar-refractivity contribution is 7.25. The quantitative estimate of drug-likeness (QED) is 0.205. The Morgan fingerprint density at radius 3 is 2.15 bits per heavy atom. The zero-order valence-corrected chi connectivity index (χ0v) is 18.5. The molecule has 0 spiro atoms. The molecule has 33 heavy (non-hydrogen) atoms. The van der Waals surface area contributed by atoms with E-state index in [-0.39, 0.29) is 5.43 Å². The number of hydrogen-bond donors (Lipinski definition) is 0. The van der Waals surface area contributed by atoms with Gasteiger partial charge >= 0.3 is 0 Å². The predicted octanol–water partition coefficient (Wildman–Crippen LogP) is 7.89. The topological polar surface area (TPSA) is 26.3 Å². The Balaban J connectivity index is 1.66. The molecule has 0 aliphatic heterocycles. The fourth-order valence-corrected chi connectivity index (χ4v) is 6.22. The van der Waals surface area contributed by atoms with Crippen LogP contribution in [0.25, 0.3) is 52.5 Å². The van der Waals surface area contributed by atoms with E-state index >= 15 is 0 Å². The number of ether oxygens (including phenoxy) is 1. The molecule has 1 aromatic heterocycles. The van der Waals surface area contributed by atoms with Gasteiger partial charge in [-0.2, -0.15) is 0 Å². The van der Waals surface area contributed by atoms with Crippen LogP contribution in [0.3, 0.4) is 0 Å². The Bertz CT molecular complexity index is 1880. The van der Waals surface area contributed by atoms with Crippen molar-refractivity contribution in [2.45, 2.75) is 6.61 Å². The van der Waals surface area contributed by atoms with Gasteiger partial charge in [-0.1, -0.05) is 78.9 Å². The summed E-state index contributed by atoms with van der Waals surface area (Å²) in [7, 11) is 0. The average Bonchev–Trinajstić information content (AvgIpc) is 2.88. The van der Waals surface area contributed by atoms with Crippen molar-refractivity contribution in [1.82, 2.24) is 0 Å². The molecule has 0 saturated carbocycles. The van der Waals surface area contributed by atoms with Gasteiger partial charge in [0.05, 0.1) is 4.70 Å². The molecule has 0 fully saturated rings. The summed E-state index contributed by atoms with van der Waals surface area (Å²) < 4.78 is 8.77. The second-order valence-electron chi connectivity index (χ2n) is 8.41. The highest BCUT2D eigenvalue weighted by atomic mass is 32.1. The van der Waals surface area contributed by atoms with Gasteiger partial charge in [0.15, 0.2) is 5.43 Å². The molecule has 0 N–H and O–H groups in total. The Hall–Kier alpha value is -3.95. The van der Waals surface area contributed by atoms with E-state index in [2.05, 4.69) is 48.5 Å². The first kappa shape index (κ1) is 18.6. The van der Waals surface area contributed by atoms with Gasteiger partial charge in [-0.15, -0.1) is 11.3 Å². The van der Waals surface area contributed by atoms with Crippen LogP contribution in [0.5, 0.6) is 5.75 Å². The van der Waals surface area contributed by atoms with Gasteiger partial charge in [-0.3, -0.25) is 4.79 Å². The van der Waals surface area contributed by atoms with Crippen LogP contribution in [-0.4, -0.2) is 0 Å². The molecule has 0 aliphatic carbocycles. The molecule has 0 aliphatic rings. The minimum absolute atomic E-state index is 0.0948. The number of benzene rings is 6. The summed E-state index contributed by atoms with van der Waals surface area (Å²) >= 11 is 1.73. The lowest BCUT2D eigenvalue weighted by molar-refractivity contribution is 0.311. The van der Waals surface area contributed by atoms with Crippen molar-refractivity contribution in [3.63, 3.8) is 0 Å². The molecule has 7 aromatic rings. The summed E-state index contributed by atoms with van der Waals surface area (Å²) in [4.78, 5) is 13.4. The summed E-state index contributed by atoms with van der Waals surface area (Å²) in [5.74, 6) is 0.864. The molecule has 2 nitrogen and oxygen atoms in total. The van der Waals surface area contributed by atoms with Crippen LogP contribution in [0.15, 0.2) is 102 Å². The van der Waals surface area contributed by atoms with E-state index in [0.29, 0.717) is 6.61 Å². The minimum atomic E-state index is 0.0948. The zero-order valence-electron chi connectivity index (χ0n) is 17.7. The van der Waals surface area contributed by atoms with Crippen LogP contribution >= 0.6 is 11.3 Å². The number of hydrogen-bond acceptors (Lipinski definition) is 3. The standard InChI is InChI=1S/C30H18O2S/c31-29-22-12-5-4-10-19(22)24-16-25(32-17-18-8-2-1-3-9-18)30-28-21(14-15-23(29)27(24)28)20-11-6-7-13-26(20)33-30/h1-16H,17H2. The molecule has 3 heteroatoms. The van der Waals surface area contributed by atoms with Gasteiger partial charge in [-0.05, 0) is 45.3 Å². The maximum atomic E-state index is 13.4. The Kier molecular flexibility index (Phi) is 3.96. The van der Waals surface area contributed by atoms with Crippen molar-refractivity contribution in [2.75, 3.05) is 0 Å². The second kappa shape index (κ2) is 7.03. The molecule has 0 amide bonds. The minimum Gasteiger partial charge on any atom is -0.487 e. The third kappa shape index (κ3) is 2.69. The van der Waals surface area contributed by atoms with Gasteiger partial charge < -0.3 is 4.74 Å². The normalized spacial score (nSPS) is 11.9. The summed E-state index contributed by atoms with van der Waals surface area (Å²) in [5, 5.41) is 8.12. The fourth-order valence-electron chi connectivity index (χ4n) is 5.03. The van der Waals surface area contributed by atoms with Gasteiger partial charge in [0.2, 0.25) is 0 Å². The second-order valence-corrected chi connectivity index (χ2v) is 9.46. The lowest BCUT2D eigenvalue weighted by atomic mass is 9.92. The van der Waals surface area contributed by atoms with Crippen LogP contribution in [0.4, 0.5) is 0 Å². The van der Waals surface area contributed by atoms with Crippen molar-refractivity contribution in [2.24, 2.45) is 0 Å². The van der Waals surface area contributed by atoms with Crippen LogP contribution < -0.4 is 10.2 Å². The molecule has 0 bridgehead atoms. The van der Waals surface area contributed by atoms with E-state index in [9.17, 15) is 4.79 Å². The summed E-state index contributed by atoms with van der Waals surface area (Å²) in [5.41, 5.74) is 1.22. The molecular weight excluding hydrogens is 424 g/mol. The third-order valence-corrected chi connectivity index (χ3v) is 7.72. The Morgan fingerprint density at radius 1 is 0.606 bits per heavy atom. The van der Waals surface area contributed by atoms with E-state index < -0.39 is 0 Å². The molecule has 0 unspecified atom stereocenters. The molecule has 0 radical (unpaired) electrons. The van der Waals surface area contributed by atoms with Gasteiger partial charge in [0.1, 0.15) is 12.4 Å². The van der Waals surface area contributed by atoms with Crippen LogP contribution in [0.2, 0.25) is 0 Å². The Morgan fingerprint density at radius 2 is 1.30 bits per heavy atom. The maximum Gasteiger partial charge on any atom is 0.194 e. The van der Waals surface area contributed by atoms with Gasteiger partial charge in [-0.25, -0.2) is 0 Å². The van der Waals surface area contributed by atoms with E-state index in [0.717, 1.165) is 53.7 Å². The highest BCUT2D eigenvalue weighted by Gasteiger charge is 2.19. The lowest BCUT2D eigenvalue weighted by Gasteiger charge is -2.17. The van der Waals surface area contributed by atoms with Crippen molar-refractivity contribution < 1.29 is 4.74 Å². The molecular formula is C30H18O2S. The van der Waals surface area contributed by atoms with E-state index in [4.69, 9.17) is 4.74 Å². The smallest absolute Gasteiger partial charge is 0.194 e. The largest absolute Gasteiger partial charge is 0.487 e. The van der Waals surface area contributed by atoms with Crippen molar-refractivity contribution >= 4 is 63.8 Å². The van der Waals surface area contributed by atoms with Gasteiger partial charge in [0.25, 0.3) is 0 Å². The first-order valence-corrected chi connectivity index (χ1v) is 11.8. The van der Waals surface area contributed by atoms with Crippen molar-refractivity contribution in [3.05, 3.63) is 113 Å². The molecule has 0 saturated heterocycles. The summed E-state index contributed by atoms with van der Waals surface area (Å²) in [6.45, 7) is 0.497. The van der Waals surface area contributed by atoms with Gasteiger partial charge in [0, 0.05) is 26.2 Å². The van der Waals surface area contributed by atoms with E-state index in [1.807, 2.05) is 48.5 Å². The Labute approximate surface area is 193 Å². The van der Waals surface area contributed by atoms with E-state index in [1.54, 1.807) is 11.3 Å². The number of rotatable bonds is 3. The molecule has 1 heterocycles. The molecule has 7 rings (SSSR count). The fraction of sp³-hybridized carbons (Fsp3) is 0.0333. The monoisotopic (exact) mass is 442 g/mol. The average molecular weight is 443 g/mol. The SMILES string of the molecule is O=c1c2ccccc2c2cc(OCc3ccccc3)c3sc4ccccc4c4ccc1c2c34.